The second-order valence-corrected chi connectivity index (χ2v) is 5.38. The predicted molar refractivity (Wildman–Crippen MR) is 84.4 cm³/mol. The summed E-state index contributed by atoms with van der Waals surface area (Å²) in [5, 5.41) is 2.83. The average molecular weight is 321 g/mol. The molecule has 0 aliphatic carbocycles. The summed E-state index contributed by atoms with van der Waals surface area (Å²) in [5.74, 6) is 0.469. The molecule has 1 aliphatic rings. The third-order valence-electron chi connectivity index (χ3n) is 3.55. The molecule has 23 heavy (non-hydrogen) atoms. The van der Waals surface area contributed by atoms with Gasteiger partial charge in [0.2, 0.25) is 0 Å². The third kappa shape index (κ3) is 5.25. The first-order valence-corrected chi connectivity index (χ1v) is 7.98. The highest BCUT2D eigenvalue weighted by molar-refractivity contribution is 5.81. The van der Waals surface area contributed by atoms with E-state index in [0.29, 0.717) is 31.1 Å². The van der Waals surface area contributed by atoms with Gasteiger partial charge in [0.15, 0.2) is 12.2 Å². The maximum atomic E-state index is 11.8. The molecule has 0 spiro atoms. The van der Waals surface area contributed by atoms with Crippen molar-refractivity contribution in [1.82, 2.24) is 5.32 Å². The van der Waals surface area contributed by atoms with Gasteiger partial charge in [0.05, 0.1) is 0 Å². The van der Waals surface area contributed by atoms with Gasteiger partial charge in [0, 0.05) is 13.2 Å². The van der Waals surface area contributed by atoms with Crippen LogP contribution in [0.2, 0.25) is 0 Å². The quantitative estimate of drug-likeness (QED) is 0.641. The molecule has 1 fully saturated rings. The Kier molecular flexibility index (Phi) is 6.40. The summed E-state index contributed by atoms with van der Waals surface area (Å²) in [6, 6.07) is 6.65. The molecule has 0 aromatic heterocycles. The minimum absolute atomic E-state index is 0.0801. The lowest BCUT2D eigenvalue weighted by Gasteiger charge is -2.16. The fraction of sp³-hybridized carbons (Fsp3) is 0.529. The van der Waals surface area contributed by atoms with E-state index < -0.39 is 18.2 Å². The number of nitrogens with one attached hydrogen (secondary N) is 1. The van der Waals surface area contributed by atoms with Crippen LogP contribution in [0.15, 0.2) is 24.3 Å². The van der Waals surface area contributed by atoms with Gasteiger partial charge in [-0.15, -0.1) is 0 Å². The van der Waals surface area contributed by atoms with Crippen molar-refractivity contribution in [2.75, 3.05) is 13.2 Å². The van der Waals surface area contributed by atoms with Crippen LogP contribution in [0.1, 0.15) is 33.1 Å². The summed E-state index contributed by atoms with van der Waals surface area (Å²) in [6.45, 7) is 4.62. The van der Waals surface area contributed by atoms with Crippen LogP contribution in [-0.2, 0) is 14.3 Å². The van der Waals surface area contributed by atoms with E-state index in [0.717, 1.165) is 12.8 Å². The number of amides is 1. The van der Waals surface area contributed by atoms with Crippen LogP contribution in [0.3, 0.4) is 0 Å². The number of carbonyl (C=O) groups is 2. The highest BCUT2D eigenvalue weighted by atomic mass is 16.6. The number of benzene rings is 1. The SMILES string of the molecule is CCO[C@@H](C)C(=O)Oc1ccc(O[C@H]2CCCCNC2=O)cc1. The average Bonchev–Trinajstić information content (AvgIpc) is 2.74. The summed E-state index contributed by atoms with van der Waals surface area (Å²) >= 11 is 0. The standard InChI is InChI=1S/C17H23NO5/c1-3-21-12(2)17(20)23-14-9-7-13(8-10-14)22-15-6-4-5-11-18-16(15)19/h7-10,12,15H,3-6,11H2,1-2H3,(H,18,19)/t12-,15-/m0/s1. The van der Waals surface area contributed by atoms with Crippen LogP contribution in [0.25, 0.3) is 0 Å². The van der Waals surface area contributed by atoms with E-state index in [1.807, 2.05) is 6.92 Å². The lowest BCUT2D eigenvalue weighted by Crippen LogP contribution is -2.36. The second kappa shape index (κ2) is 8.53. The minimum Gasteiger partial charge on any atom is -0.481 e. The minimum atomic E-state index is -0.606. The molecule has 1 aromatic carbocycles. The molecule has 6 heteroatoms. The fourth-order valence-corrected chi connectivity index (χ4v) is 2.29. The van der Waals surface area contributed by atoms with Crippen molar-refractivity contribution in [3.63, 3.8) is 0 Å². The normalized spacial score (nSPS) is 19.4. The zero-order valence-electron chi connectivity index (χ0n) is 13.5. The Morgan fingerprint density at radius 2 is 1.96 bits per heavy atom. The van der Waals surface area contributed by atoms with Crippen molar-refractivity contribution in [1.29, 1.82) is 0 Å². The summed E-state index contributed by atoms with van der Waals surface area (Å²) in [7, 11) is 0. The molecule has 1 saturated heterocycles. The summed E-state index contributed by atoms with van der Waals surface area (Å²) in [4.78, 5) is 23.6. The molecule has 0 radical (unpaired) electrons. The van der Waals surface area contributed by atoms with Crippen molar-refractivity contribution < 1.29 is 23.8 Å². The molecule has 1 aromatic rings. The first-order chi connectivity index (χ1) is 11.1. The monoisotopic (exact) mass is 321 g/mol. The molecule has 2 rings (SSSR count). The van der Waals surface area contributed by atoms with Gasteiger partial charge in [-0.05, 0) is 57.4 Å². The van der Waals surface area contributed by atoms with Crippen LogP contribution >= 0.6 is 0 Å². The lowest BCUT2D eigenvalue weighted by molar-refractivity contribution is -0.145. The number of hydrogen-bond donors (Lipinski definition) is 1. The van der Waals surface area contributed by atoms with Crippen LogP contribution in [0.4, 0.5) is 0 Å². The van der Waals surface area contributed by atoms with E-state index in [1.165, 1.54) is 0 Å². The molecular weight excluding hydrogens is 298 g/mol. The Morgan fingerprint density at radius 3 is 2.65 bits per heavy atom. The fourth-order valence-electron chi connectivity index (χ4n) is 2.29. The van der Waals surface area contributed by atoms with Gasteiger partial charge in [-0.1, -0.05) is 0 Å². The van der Waals surface area contributed by atoms with Gasteiger partial charge in [-0.2, -0.15) is 0 Å². The number of hydrogen-bond acceptors (Lipinski definition) is 5. The first kappa shape index (κ1) is 17.3. The molecular formula is C17H23NO5. The Hall–Kier alpha value is -2.08. The Bertz CT molecular complexity index is 528. The Morgan fingerprint density at radius 1 is 1.26 bits per heavy atom. The summed E-state index contributed by atoms with van der Waals surface area (Å²) in [6.07, 6.45) is 1.55. The third-order valence-corrected chi connectivity index (χ3v) is 3.55. The Labute approximate surface area is 136 Å². The largest absolute Gasteiger partial charge is 0.481 e. The number of esters is 1. The topological polar surface area (TPSA) is 73.9 Å². The summed E-state index contributed by atoms with van der Waals surface area (Å²) in [5.41, 5.74) is 0. The van der Waals surface area contributed by atoms with E-state index in [-0.39, 0.29) is 5.91 Å². The van der Waals surface area contributed by atoms with Crippen molar-refractivity contribution >= 4 is 11.9 Å². The zero-order valence-corrected chi connectivity index (χ0v) is 13.5. The van der Waals surface area contributed by atoms with Gasteiger partial charge in [0.1, 0.15) is 11.5 Å². The van der Waals surface area contributed by atoms with Crippen molar-refractivity contribution in [3.8, 4) is 11.5 Å². The van der Waals surface area contributed by atoms with E-state index >= 15 is 0 Å². The highest BCUT2D eigenvalue weighted by Gasteiger charge is 2.22. The van der Waals surface area contributed by atoms with Crippen LogP contribution in [0, 0.1) is 0 Å². The van der Waals surface area contributed by atoms with Gasteiger partial charge >= 0.3 is 5.97 Å². The van der Waals surface area contributed by atoms with Crippen LogP contribution in [0.5, 0.6) is 11.5 Å². The molecule has 0 saturated carbocycles. The predicted octanol–water partition coefficient (Wildman–Crippen LogP) is 2.06. The van der Waals surface area contributed by atoms with Gasteiger partial charge in [0.25, 0.3) is 5.91 Å². The molecule has 1 aliphatic heterocycles. The molecule has 2 atom stereocenters. The number of carbonyl (C=O) groups excluding carboxylic acids is 2. The molecule has 1 amide bonds. The first-order valence-electron chi connectivity index (χ1n) is 7.98. The Balaban J connectivity index is 1.91. The zero-order chi connectivity index (χ0) is 16.7. The maximum absolute atomic E-state index is 11.8. The number of rotatable bonds is 6. The molecule has 6 nitrogen and oxygen atoms in total. The lowest BCUT2D eigenvalue weighted by atomic mass is 10.2. The maximum Gasteiger partial charge on any atom is 0.340 e. The van der Waals surface area contributed by atoms with Gasteiger partial charge in [-0.3, -0.25) is 4.79 Å². The van der Waals surface area contributed by atoms with Crippen molar-refractivity contribution in [2.24, 2.45) is 0 Å². The highest BCUT2D eigenvalue weighted by Crippen LogP contribution is 2.21. The van der Waals surface area contributed by atoms with E-state index in [9.17, 15) is 9.59 Å². The van der Waals surface area contributed by atoms with E-state index in [4.69, 9.17) is 14.2 Å². The number of ether oxygens (including phenoxy) is 3. The smallest absolute Gasteiger partial charge is 0.340 e. The van der Waals surface area contributed by atoms with Crippen molar-refractivity contribution in [3.05, 3.63) is 24.3 Å². The van der Waals surface area contributed by atoms with Crippen LogP contribution in [-0.4, -0.2) is 37.2 Å². The van der Waals surface area contributed by atoms with Gasteiger partial charge in [-0.25, -0.2) is 4.79 Å². The molecule has 126 valence electrons. The van der Waals surface area contributed by atoms with Crippen molar-refractivity contribution in [2.45, 2.75) is 45.3 Å². The van der Waals surface area contributed by atoms with Gasteiger partial charge < -0.3 is 19.5 Å². The van der Waals surface area contributed by atoms with Crippen LogP contribution < -0.4 is 14.8 Å². The molecule has 1 heterocycles. The molecule has 0 bridgehead atoms. The molecule has 1 N–H and O–H groups in total. The van der Waals surface area contributed by atoms with E-state index in [2.05, 4.69) is 5.32 Å². The second-order valence-electron chi connectivity index (χ2n) is 5.38. The molecule has 0 unspecified atom stereocenters. The summed E-state index contributed by atoms with van der Waals surface area (Å²) < 4.78 is 16.1. The van der Waals surface area contributed by atoms with E-state index in [1.54, 1.807) is 31.2 Å².